The van der Waals surface area contributed by atoms with Crippen LogP contribution >= 0.6 is 10.0 Å². The van der Waals surface area contributed by atoms with Gasteiger partial charge in [-0.25, -0.2) is 24.8 Å². The van der Waals surface area contributed by atoms with Crippen LogP contribution in [0.1, 0.15) is 50.9 Å². The van der Waals surface area contributed by atoms with Crippen LogP contribution in [-0.4, -0.2) is 107 Å². The van der Waals surface area contributed by atoms with E-state index in [9.17, 15) is 9.59 Å². The first-order chi connectivity index (χ1) is 18.3. The highest BCUT2D eigenvalue weighted by molar-refractivity contribution is 8.32. The van der Waals surface area contributed by atoms with Crippen molar-refractivity contribution in [3.63, 3.8) is 0 Å². The van der Waals surface area contributed by atoms with Crippen LogP contribution in [0.15, 0.2) is 12.4 Å². The molecule has 3 heterocycles. The van der Waals surface area contributed by atoms with Gasteiger partial charge >= 0.3 is 6.09 Å². The molecule has 0 unspecified atom stereocenters. The van der Waals surface area contributed by atoms with Crippen molar-refractivity contribution in [2.75, 3.05) is 57.9 Å². The van der Waals surface area contributed by atoms with Gasteiger partial charge in [0.1, 0.15) is 24.0 Å². The smallest absolute Gasteiger partial charge is 0.410 e. The zero-order valence-electron chi connectivity index (χ0n) is 24.6. The molecule has 0 aromatic carbocycles. The predicted octanol–water partition coefficient (Wildman–Crippen LogP) is 3.64. The van der Waals surface area contributed by atoms with Gasteiger partial charge in [-0.15, -0.1) is 0 Å². The second-order valence-corrected chi connectivity index (χ2v) is 16.5. The van der Waals surface area contributed by atoms with E-state index in [2.05, 4.69) is 34.1 Å². The molecule has 220 valence electrons. The Labute approximate surface area is 233 Å². The van der Waals surface area contributed by atoms with E-state index in [0.29, 0.717) is 48.9 Å². The van der Waals surface area contributed by atoms with Crippen LogP contribution in [0.3, 0.4) is 0 Å². The van der Waals surface area contributed by atoms with Gasteiger partial charge in [0, 0.05) is 31.6 Å². The quantitative estimate of drug-likeness (QED) is 0.409. The fourth-order valence-corrected chi connectivity index (χ4v) is 4.74. The number of methoxy groups -OCH3 is 1. The van der Waals surface area contributed by atoms with Crippen molar-refractivity contribution >= 4 is 33.2 Å². The molecular weight excluding hydrogens is 522 g/mol. The molecular formula is C27H45N5O6S. The highest BCUT2D eigenvalue weighted by atomic mass is 32.3. The molecule has 0 bridgehead atoms. The summed E-state index contributed by atoms with van der Waals surface area (Å²) in [4.78, 5) is 36.7. The van der Waals surface area contributed by atoms with Crippen LogP contribution in [0, 0.1) is 0 Å². The lowest BCUT2D eigenvalue weighted by atomic mass is 10.1. The number of carbonyl (C=O) groups is 2. The van der Waals surface area contributed by atoms with Gasteiger partial charge in [-0.1, -0.05) is 0 Å². The van der Waals surface area contributed by atoms with Crippen molar-refractivity contribution < 1.29 is 28.5 Å². The van der Waals surface area contributed by atoms with Crippen molar-refractivity contribution in [2.24, 2.45) is 0 Å². The fourth-order valence-electron chi connectivity index (χ4n) is 4.12. The Balaban J connectivity index is 1.79. The van der Waals surface area contributed by atoms with Gasteiger partial charge in [0.05, 0.1) is 31.5 Å². The standard InChI is InChI=1S/C27H45N5O6S/c1-19(17-35-5)29-25(33)21-16-32(18-36-12-13-39(6,7)8)24-23(21)30-22(14-28-24)37-20-10-9-11-31(15-20)26(34)38-27(2,3)4/h14,16,19-20H,9-13,15,17-18H2,1-8H3,(H,29,33)/t19-,20-/m0/s1. The molecule has 0 aliphatic carbocycles. The molecule has 2 aromatic heterocycles. The molecule has 2 aromatic rings. The Morgan fingerprint density at radius 3 is 2.67 bits per heavy atom. The largest absolute Gasteiger partial charge is 0.471 e. The van der Waals surface area contributed by atoms with Crippen molar-refractivity contribution in [2.45, 2.75) is 65.0 Å². The normalized spacial score (nSPS) is 17.6. The lowest BCUT2D eigenvalue weighted by Gasteiger charge is -2.33. The number of hydrogen-bond donors (Lipinski definition) is 1. The minimum Gasteiger partial charge on any atom is -0.471 e. The van der Waals surface area contributed by atoms with Gasteiger partial charge in [-0.3, -0.25) is 4.79 Å². The minimum atomic E-state index is -0.674. The summed E-state index contributed by atoms with van der Waals surface area (Å²) in [5, 5.41) is 2.95. The third kappa shape index (κ3) is 9.54. The highest BCUT2D eigenvalue weighted by Crippen LogP contribution is 2.33. The maximum Gasteiger partial charge on any atom is 0.410 e. The number of amides is 2. The summed E-state index contributed by atoms with van der Waals surface area (Å²) in [7, 11) is 0.919. The third-order valence-corrected chi connectivity index (χ3v) is 7.36. The number of carbonyl (C=O) groups excluding carboxylic acids is 2. The van der Waals surface area contributed by atoms with Crippen molar-refractivity contribution in [3.05, 3.63) is 18.0 Å². The minimum absolute atomic E-state index is 0.180. The topological polar surface area (TPSA) is 117 Å². The van der Waals surface area contributed by atoms with Gasteiger partial charge in [0.25, 0.3) is 5.91 Å². The molecule has 1 fully saturated rings. The average molecular weight is 568 g/mol. The Morgan fingerprint density at radius 1 is 1.26 bits per heavy atom. The number of piperidine rings is 1. The summed E-state index contributed by atoms with van der Waals surface area (Å²) in [5.41, 5.74) is 0.785. The molecule has 1 saturated heterocycles. The summed E-state index contributed by atoms with van der Waals surface area (Å²) in [5.74, 6) is 1.01. The maximum atomic E-state index is 13.2. The number of fused-ring (bicyclic) bond motifs is 1. The molecule has 2 amide bonds. The average Bonchev–Trinajstić information content (AvgIpc) is 3.18. The van der Waals surface area contributed by atoms with Crippen LogP contribution in [0.4, 0.5) is 4.79 Å². The zero-order chi connectivity index (χ0) is 28.8. The summed E-state index contributed by atoms with van der Waals surface area (Å²) >= 11 is 0. The Morgan fingerprint density at radius 2 is 2.00 bits per heavy atom. The van der Waals surface area contributed by atoms with Crippen molar-refractivity contribution in [1.82, 2.24) is 24.8 Å². The van der Waals surface area contributed by atoms with Gasteiger partial charge in [0.15, 0.2) is 5.65 Å². The monoisotopic (exact) mass is 567 g/mol. The molecule has 1 aliphatic heterocycles. The summed E-state index contributed by atoms with van der Waals surface area (Å²) in [6.45, 7) is 9.69. The molecule has 0 spiro atoms. The van der Waals surface area contributed by atoms with Crippen LogP contribution in [0.5, 0.6) is 5.88 Å². The molecule has 0 radical (unpaired) electrons. The summed E-state index contributed by atoms with van der Waals surface area (Å²) < 4.78 is 24.6. The van der Waals surface area contributed by atoms with E-state index in [4.69, 9.17) is 18.9 Å². The van der Waals surface area contributed by atoms with Crippen molar-refractivity contribution in [1.29, 1.82) is 0 Å². The zero-order valence-corrected chi connectivity index (χ0v) is 25.4. The van der Waals surface area contributed by atoms with E-state index in [1.54, 1.807) is 29.0 Å². The van der Waals surface area contributed by atoms with Crippen LogP contribution < -0.4 is 10.1 Å². The second-order valence-electron chi connectivity index (χ2n) is 11.9. The molecule has 11 nitrogen and oxygen atoms in total. The van der Waals surface area contributed by atoms with E-state index < -0.39 is 15.6 Å². The molecule has 1 aliphatic rings. The fraction of sp³-hybridized carbons (Fsp3) is 0.704. The first-order valence-electron chi connectivity index (χ1n) is 13.3. The second kappa shape index (κ2) is 13.2. The van der Waals surface area contributed by atoms with Gasteiger partial charge in [-0.2, -0.15) is 0 Å². The van der Waals surface area contributed by atoms with Crippen LogP contribution in [-0.2, 0) is 20.9 Å². The van der Waals surface area contributed by atoms with Gasteiger partial charge < -0.3 is 33.7 Å². The Kier molecular flexibility index (Phi) is 10.5. The lowest BCUT2D eigenvalue weighted by molar-refractivity contribution is 0.00721. The number of likely N-dealkylation sites (tertiary alicyclic amines) is 1. The number of hydrogen-bond acceptors (Lipinski definition) is 8. The molecule has 12 heteroatoms. The Bertz CT molecular complexity index is 1130. The molecule has 39 heavy (non-hydrogen) atoms. The third-order valence-electron chi connectivity index (χ3n) is 5.97. The van der Waals surface area contributed by atoms with Crippen LogP contribution in [0.2, 0.25) is 0 Å². The van der Waals surface area contributed by atoms with Gasteiger partial charge in [0.2, 0.25) is 5.88 Å². The maximum absolute atomic E-state index is 13.2. The lowest BCUT2D eigenvalue weighted by Crippen LogP contribution is -2.46. The van der Waals surface area contributed by atoms with Gasteiger partial charge in [-0.05, 0) is 59.3 Å². The van der Waals surface area contributed by atoms with E-state index in [1.165, 1.54) is 0 Å². The number of nitrogens with zero attached hydrogens (tertiary/aromatic N) is 4. The number of ether oxygens (including phenoxy) is 4. The Hall–Kier alpha value is -2.57. The molecule has 0 saturated carbocycles. The number of nitrogens with one attached hydrogen (secondary N) is 1. The van der Waals surface area contributed by atoms with E-state index in [0.717, 1.165) is 18.6 Å². The van der Waals surface area contributed by atoms with E-state index >= 15 is 0 Å². The van der Waals surface area contributed by atoms with E-state index in [1.807, 2.05) is 27.7 Å². The summed E-state index contributed by atoms with van der Waals surface area (Å²) in [6, 6.07) is -0.180. The highest BCUT2D eigenvalue weighted by Gasteiger charge is 2.29. The molecule has 1 N–H and O–H groups in total. The number of rotatable bonds is 11. The van der Waals surface area contributed by atoms with Crippen LogP contribution in [0.25, 0.3) is 11.2 Å². The number of aromatic nitrogens is 3. The molecule has 2 atom stereocenters. The predicted molar refractivity (Wildman–Crippen MR) is 154 cm³/mol. The first-order valence-corrected chi connectivity index (χ1v) is 16.3. The van der Waals surface area contributed by atoms with Crippen molar-refractivity contribution in [3.8, 4) is 5.88 Å². The molecule has 3 rings (SSSR count). The van der Waals surface area contributed by atoms with E-state index in [-0.39, 0.29) is 30.9 Å². The SMILES string of the molecule is COC[C@H](C)NC(=O)c1cn(COCCS(C)(C)C)c2ncc(O[C@H]3CCCN(C(=O)OC(C)(C)C)C3)nc12. The summed E-state index contributed by atoms with van der Waals surface area (Å²) in [6.07, 6.45) is 11.0. The first kappa shape index (κ1) is 31.0.